The second kappa shape index (κ2) is 6.53. The summed E-state index contributed by atoms with van der Waals surface area (Å²) in [5, 5.41) is 3.47. The summed E-state index contributed by atoms with van der Waals surface area (Å²) in [7, 11) is 0. The Morgan fingerprint density at radius 3 is 2.41 bits per heavy atom. The molecule has 0 amide bonds. The highest BCUT2D eigenvalue weighted by Crippen LogP contribution is 2.32. The summed E-state index contributed by atoms with van der Waals surface area (Å²) in [6, 6.07) is 0.627. The van der Waals surface area contributed by atoms with Gasteiger partial charge in [0, 0.05) is 12.0 Å². The van der Waals surface area contributed by atoms with Crippen LogP contribution in [0.2, 0.25) is 0 Å². The molecule has 2 nitrogen and oxygen atoms in total. The SMILES string of the molecule is CCC1CCCCC1C(=O)CNC1CCCC1. The monoisotopic (exact) mass is 237 g/mol. The number of rotatable bonds is 5. The van der Waals surface area contributed by atoms with E-state index in [0.717, 1.165) is 6.42 Å². The number of Topliss-reactive ketones (excluding diaryl/α,β-unsaturated/α-hetero) is 1. The number of carbonyl (C=O) groups is 1. The molecule has 0 heterocycles. The van der Waals surface area contributed by atoms with E-state index >= 15 is 0 Å². The van der Waals surface area contributed by atoms with Gasteiger partial charge in [-0.15, -0.1) is 0 Å². The minimum atomic E-state index is 0.364. The van der Waals surface area contributed by atoms with Crippen LogP contribution in [-0.4, -0.2) is 18.4 Å². The zero-order chi connectivity index (χ0) is 12.1. The van der Waals surface area contributed by atoms with Crippen LogP contribution < -0.4 is 5.32 Å². The predicted molar refractivity (Wildman–Crippen MR) is 71.0 cm³/mol. The minimum Gasteiger partial charge on any atom is -0.307 e. The zero-order valence-corrected chi connectivity index (χ0v) is 11.2. The molecule has 0 radical (unpaired) electrons. The number of hydrogen-bond donors (Lipinski definition) is 1. The quantitative estimate of drug-likeness (QED) is 0.795. The van der Waals surface area contributed by atoms with Crippen LogP contribution in [0.5, 0.6) is 0 Å². The molecular formula is C15H27NO. The second-order valence-electron chi connectivity index (χ2n) is 5.89. The van der Waals surface area contributed by atoms with Crippen molar-refractivity contribution in [3.63, 3.8) is 0 Å². The van der Waals surface area contributed by atoms with E-state index in [4.69, 9.17) is 0 Å². The first-order valence-corrected chi connectivity index (χ1v) is 7.57. The fourth-order valence-electron chi connectivity index (χ4n) is 3.63. The van der Waals surface area contributed by atoms with E-state index in [2.05, 4.69) is 12.2 Å². The molecule has 2 saturated carbocycles. The fraction of sp³-hybridized carbons (Fsp3) is 0.933. The molecule has 2 unspecified atom stereocenters. The molecule has 2 heteroatoms. The van der Waals surface area contributed by atoms with Crippen LogP contribution in [0.15, 0.2) is 0 Å². The molecule has 1 N–H and O–H groups in total. The minimum absolute atomic E-state index is 0.364. The highest BCUT2D eigenvalue weighted by Gasteiger charge is 2.29. The molecule has 0 aromatic heterocycles. The molecule has 0 saturated heterocycles. The first-order chi connectivity index (χ1) is 8.31. The lowest BCUT2D eigenvalue weighted by Crippen LogP contribution is -2.37. The van der Waals surface area contributed by atoms with E-state index in [1.807, 2.05) is 0 Å². The topological polar surface area (TPSA) is 29.1 Å². The third kappa shape index (κ3) is 3.54. The Balaban J connectivity index is 1.76. The van der Waals surface area contributed by atoms with Crippen molar-refractivity contribution in [3.05, 3.63) is 0 Å². The summed E-state index contributed by atoms with van der Waals surface area (Å²) in [4.78, 5) is 12.3. The number of carbonyl (C=O) groups excluding carboxylic acids is 1. The smallest absolute Gasteiger partial charge is 0.149 e. The van der Waals surface area contributed by atoms with Crippen molar-refractivity contribution < 1.29 is 4.79 Å². The highest BCUT2D eigenvalue weighted by atomic mass is 16.1. The Labute approximate surface area is 106 Å². The normalized spacial score (nSPS) is 30.6. The van der Waals surface area contributed by atoms with Gasteiger partial charge < -0.3 is 5.32 Å². The molecule has 98 valence electrons. The van der Waals surface area contributed by atoms with Gasteiger partial charge in [0.15, 0.2) is 0 Å². The number of hydrogen-bond acceptors (Lipinski definition) is 2. The molecule has 0 spiro atoms. The van der Waals surface area contributed by atoms with Crippen LogP contribution in [0.25, 0.3) is 0 Å². The largest absolute Gasteiger partial charge is 0.307 e. The standard InChI is InChI=1S/C15H27NO/c1-2-12-7-3-6-10-14(12)15(17)11-16-13-8-4-5-9-13/h12-14,16H,2-11H2,1H3. The Morgan fingerprint density at radius 1 is 1.06 bits per heavy atom. The van der Waals surface area contributed by atoms with Gasteiger partial charge in [-0.3, -0.25) is 4.79 Å². The molecule has 17 heavy (non-hydrogen) atoms. The first-order valence-electron chi connectivity index (χ1n) is 7.57. The van der Waals surface area contributed by atoms with Crippen LogP contribution in [0.3, 0.4) is 0 Å². The Morgan fingerprint density at radius 2 is 1.71 bits per heavy atom. The first kappa shape index (κ1) is 13.1. The van der Waals surface area contributed by atoms with E-state index < -0.39 is 0 Å². The lowest BCUT2D eigenvalue weighted by Gasteiger charge is -2.30. The van der Waals surface area contributed by atoms with Crippen molar-refractivity contribution in [1.29, 1.82) is 0 Å². The van der Waals surface area contributed by atoms with Crippen LogP contribution in [0, 0.1) is 11.8 Å². The lowest BCUT2D eigenvalue weighted by molar-refractivity contribution is -0.124. The van der Waals surface area contributed by atoms with E-state index in [1.165, 1.54) is 51.4 Å². The second-order valence-corrected chi connectivity index (χ2v) is 5.89. The summed E-state index contributed by atoms with van der Waals surface area (Å²) in [5.74, 6) is 1.52. The molecule has 2 aliphatic rings. The maximum atomic E-state index is 12.3. The van der Waals surface area contributed by atoms with E-state index in [9.17, 15) is 4.79 Å². The van der Waals surface area contributed by atoms with Crippen LogP contribution in [-0.2, 0) is 4.79 Å². The molecule has 0 aromatic rings. The van der Waals surface area contributed by atoms with Crippen LogP contribution in [0.4, 0.5) is 0 Å². The van der Waals surface area contributed by atoms with Gasteiger partial charge >= 0.3 is 0 Å². The maximum absolute atomic E-state index is 12.3. The summed E-state index contributed by atoms with van der Waals surface area (Å²) in [6.45, 7) is 2.87. The van der Waals surface area contributed by atoms with Gasteiger partial charge in [-0.05, 0) is 31.6 Å². The number of nitrogens with one attached hydrogen (secondary N) is 1. The summed E-state index contributed by atoms with van der Waals surface area (Å²) < 4.78 is 0. The van der Waals surface area contributed by atoms with Gasteiger partial charge in [-0.2, -0.15) is 0 Å². The predicted octanol–water partition coefficient (Wildman–Crippen LogP) is 3.30. The van der Waals surface area contributed by atoms with Crippen molar-refractivity contribution in [2.45, 2.75) is 70.8 Å². The molecule has 2 rings (SSSR count). The fourth-order valence-corrected chi connectivity index (χ4v) is 3.63. The Hall–Kier alpha value is -0.370. The van der Waals surface area contributed by atoms with Crippen LogP contribution >= 0.6 is 0 Å². The van der Waals surface area contributed by atoms with Gasteiger partial charge in [0.05, 0.1) is 6.54 Å². The Bertz CT molecular complexity index is 245. The van der Waals surface area contributed by atoms with Crippen molar-refractivity contribution in [3.8, 4) is 0 Å². The molecule has 0 bridgehead atoms. The molecule has 0 aromatic carbocycles. The average molecular weight is 237 g/mol. The van der Waals surface area contributed by atoms with Gasteiger partial charge in [-0.25, -0.2) is 0 Å². The van der Waals surface area contributed by atoms with Gasteiger partial charge in [-0.1, -0.05) is 39.0 Å². The third-order valence-electron chi connectivity index (χ3n) is 4.77. The molecule has 2 fully saturated rings. The van der Waals surface area contributed by atoms with Gasteiger partial charge in [0.1, 0.15) is 5.78 Å². The van der Waals surface area contributed by atoms with E-state index in [0.29, 0.717) is 30.2 Å². The van der Waals surface area contributed by atoms with Gasteiger partial charge in [0.2, 0.25) is 0 Å². The molecule has 2 atom stereocenters. The lowest BCUT2D eigenvalue weighted by atomic mass is 9.75. The van der Waals surface area contributed by atoms with Gasteiger partial charge in [0.25, 0.3) is 0 Å². The van der Waals surface area contributed by atoms with E-state index in [-0.39, 0.29) is 0 Å². The number of ketones is 1. The van der Waals surface area contributed by atoms with Crippen molar-refractivity contribution >= 4 is 5.78 Å². The van der Waals surface area contributed by atoms with E-state index in [1.54, 1.807) is 0 Å². The molecular weight excluding hydrogens is 210 g/mol. The highest BCUT2D eigenvalue weighted by molar-refractivity contribution is 5.83. The third-order valence-corrected chi connectivity index (χ3v) is 4.77. The van der Waals surface area contributed by atoms with Crippen molar-refractivity contribution in [2.75, 3.05) is 6.54 Å². The maximum Gasteiger partial charge on any atom is 0.149 e. The summed E-state index contributed by atoms with van der Waals surface area (Å²) in [6.07, 6.45) is 11.4. The van der Waals surface area contributed by atoms with Crippen molar-refractivity contribution in [1.82, 2.24) is 5.32 Å². The Kier molecular flexibility index (Phi) is 5.02. The average Bonchev–Trinajstić information content (AvgIpc) is 2.89. The molecule has 0 aliphatic heterocycles. The van der Waals surface area contributed by atoms with Crippen LogP contribution in [0.1, 0.15) is 64.7 Å². The van der Waals surface area contributed by atoms with Crippen molar-refractivity contribution in [2.24, 2.45) is 11.8 Å². The molecule has 2 aliphatic carbocycles. The summed E-state index contributed by atoms with van der Waals surface area (Å²) in [5.41, 5.74) is 0. The summed E-state index contributed by atoms with van der Waals surface area (Å²) >= 11 is 0. The zero-order valence-electron chi connectivity index (χ0n) is 11.2.